The molecule has 3 aromatic carbocycles. The number of furan rings is 1. The van der Waals surface area contributed by atoms with Crippen molar-refractivity contribution in [3.05, 3.63) is 95.5 Å². The molecule has 1 N–H and O–H groups in total. The molecule has 8 nitrogen and oxygen atoms in total. The van der Waals surface area contributed by atoms with Crippen LogP contribution in [0.3, 0.4) is 0 Å². The average molecular weight is 526 g/mol. The van der Waals surface area contributed by atoms with Gasteiger partial charge < -0.3 is 19.2 Å². The Morgan fingerprint density at radius 1 is 1.08 bits per heavy atom. The minimum atomic E-state index is -0.901. The third-order valence-electron chi connectivity index (χ3n) is 6.62. The molecule has 1 unspecified atom stereocenters. The maximum absolute atomic E-state index is 13.8. The van der Waals surface area contributed by atoms with Crippen LogP contribution in [0.2, 0.25) is 0 Å². The van der Waals surface area contributed by atoms with Gasteiger partial charge >= 0.3 is 0 Å². The number of nitrogens with zero attached hydrogens (tertiary/aromatic N) is 3. The molecule has 1 atom stereocenters. The molecule has 0 fully saturated rings. The monoisotopic (exact) mass is 525 g/mol. The van der Waals surface area contributed by atoms with E-state index in [1.807, 2.05) is 73.6 Å². The van der Waals surface area contributed by atoms with Gasteiger partial charge in [-0.15, -0.1) is 0 Å². The minimum absolute atomic E-state index is 0.0475. The summed E-state index contributed by atoms with van der Waals surface area (Å²) < 4.78 is 12.0. The number of aliphatic hydroxyl groups excluding tert-OH is 1. The Labute approximate surface area is 222 Å². The predicted octanol–water partition coefficient (Wildman–Crippen LogP) is 5.90. The van der Waals surface area contributed by atoms with Crippen LogP contribution in [0.1, 0.15) is 22.2 Å². The van der Waals surface area contributed by atoms with E-state index in [2.05, 4.69) is 4.98 Å². The van der Waals surface area contributed by atoms with Gasteiger partial charge in [-0.25, -0.2) is 4.98 Å². The van der Waals surface area contributed by atoms with Gasteiger partial charge in [0.1, 0.15) is 11.3 Å². The van der Waals surface area contributed by atoms with Crippen molar-refractivity contribution >= 4 is 55.0 Å². The summed E-state index contributed by atoms with van der Waals surface area (Å²) in [4.78, 5) is 35.4. The second-order valence-electron chi connectivity index (χ2n) is 9.13. The van der Waals surface area contributed by atoms with Gasteiger partial charge in [0.2, 0.25) is 5.78 Å². The highest BCUT2D eigenvalue weighted by Gasteiger charge is 2.46. The van der Waals surface area contributed by atoms with E-state index in [0.29, 0.717) is 27.5 Å². The Morgan fingerprint density at radius 3 is 2.55 bits per heavy atom. The number of carbonyl (C=O) groups is 2. The van der Waals surface area contributed by atoms with Gasteiger partial charge in [-0.1, -0.05) is 41.7 Å². The molecular formula is C29H23N3O5S. The number of carbonyl (C=O) groups excluding carboxylic acids is 2. The zero-order valence-corrected chi connectivity index (χ0v) is 21.7. The maximum atomic E-state index is 13.8. The molecule has 6 rings (SSSR count). The number of para-hydroxylation sites is 1. The Balaban J connectivity index is 1.50. The molecule has 190 valence electrons. The highest BCUT2D eigenvalue weighted by atomic mass is 32.1. The van der Waals surface area contributed by atoms with Crippen molar-refractivity contribution in [1.82, 2.24) is 4.98 Å². The van der Waals surface area contributed by atoms with Crippen molar-refractivity contribution in [3.63, 3.8) is 0 Å². The van der Waals surface area contributed by atoms with Gasteiger partial charge in [-0.2, -0.15) is 0 Å². The van der Waals surface area contributed by atoms with Crippen LogP contribution in [0.25, 0.3) is 21.2 Å². The van der Waals surface area contributed by atoms with Crippen LogP contribution in [-0.2, 0) is 4.79 Å². The first-order chi connectivity index (χ1) is 18.4. The fourth-order valence-electron chi connectivity index (χ4n) is 4.65. The first-order valence-electron chi connectivity index (χ1n) is 11.9. The molecule has 5 aromatic rings. The first-order valence-corrected chi connectivity index (χ1v) is 12.7. The smallest absolute Gasteiger partial charge is 0.296 e. The summed E-state index contributed by atoms with van der Waals surface area (Å²) in [6.45, 7) is 0. The molecule has 9 heteroatoms. The Bertz CT molecular complexity index is 1720. The van der Waals surface area contributed by atoms with Crippen LogP contribution in [0.5, 0.6) is 5.75 Å². The lowest BCUT2D eigenvalue weighted by molar-refractivity contribution is -0.117. The zero-order valence-electron chi connectivity index (χ0n) is 20.8. The highest BCUT2D eigenvalue weighted by Crippen LogP contribution is 2.45. The first kappa shape index (κ1) is 23.7. The van der Waals surface area contributed by atoms with Crippen molar-refractivity contribution in [2.45, 2.75) is 6.04 Å². The molecule has 0 radical (unpaired) electrons. The van der Waals surface area contributed by atoms with Crippen LogP contribution in [0.15, 0.2) is 88.5 Å². The molecule has 1 aliphatic heterocycles. The number of aromatic nitrogens is 1. The third kappa shape index (κ3) is 3.79. The highest BCUT2D eigenvalue weighted by molar-refractivity contribution is 7.22. The van der Waals surface area contributed by atoms with E-state index in [0.717, 1.165) is 15.8 Å². The number of Topliss-reactive ketones (excluding diaryl/α,β-unsaturated/α-hetero) is 1. The molecule has 0 saturated carbocycles. The summed E-state index contributed by atoms with van der Waals surface area (Å²) in [7, 11) is 5.44. The van der Waals surface area contributed by atoms with Crippen LogP contribution >= 0.6 is 11.3 Å². The summed E-state index contributed by atoms with van der Waals surface area (Å²) in [6, 6.07) is 20.9. The summed E-state index contributed by atoms with van der Waals surface area (Å²) in [5, 5.41) is 12.2. The third-order valence-corrected chi connectivity index (χ3v) is 7.64. The van der Waals surface area contributed by atoms with Gasteiger partial charge in [0.25, 0.3) is 5.91 Å². The molecule has 1 amide bonds. The van der Waals surface area contributed by atoms with E-state index in [9.17, 15) is 14.7 Å². The van der Waals surface area contributed by atoms with E-state index in [-0.39, 0.29) is 11.3 Å². The second-order valence-corrected chi connectivity index (χ2v) is 10.1. The molecule has 1 aliphatic rings. The second kappa shape index (κ2) is 9.04. The lowest BCUT2D eigenvalue weighted by atomic mass is 9.95. The number of ether oxygens (including phenoxy) is 1. The fourth-order valence-corrected chi connectivity index (χ4v) is 5.67. The number of methoxy groups -OCH3 is 1. The lowest BCUT2D eigenvalue weighted by Crippen LogP contribution is -2.31. The minimum Gasteiger partial charge on any atom is -0.503 e. The van der Waals surface area contributed by atoms with Crippen molar-refractivity contribution in [3.8, 4) is 5.75 Å². The van der Waals surface area contributed by atoms with Crippen LogP contribution in [0.4, 0.5) is 10.8 Å². The number of aliphatic hydroxyl groups is 1. The molecule has 2 aromatic heterocycles. The van der Waals surface area contributed by atoms with Crippen molar-refractivity contribution < 1.29 is 23.8 Å². The van der Waals surface area contributed by atoms with E-state index in [4.69, 9.17) is 9.15 Å². The van der Waals surface area contributed by atoms with Crippen LogP contribution in [0, 0.1) is 0 Å². The molecule has 38 heavy (non-hydrogen) atoms. The normalized spacial score (nSPS) is 15.6. The van der Waals surface area contributed by atoms with Crippen molar-refractivity contribution in [2.24, 2.45) is 0 Å². The number of amides is 1. The molecular weight excluding hydrogens is 502 g/mol. The topological polar surface area (TPSA) is 96.1 Å². The quantitative estimate of drug-likeness (QED) is 0.276. The zero-order chi connectivity index (χ0) is 26.6. The van der Waals surface area contributed by atoms with E-state index >= 15 is 0 Å². The average Bonchev–Trinajstić information content (AvgIpc) is 3.62. The molecule has 0 saturated heterocycles. The standard InChI is InChI=1S/C29H23N3O5S/c1-31(2)18-10-8-16(9-11-18)25-24(26(33)22-14-17-6-4-5-7-21(17)37-22)27(34)28(35)32(25)29-30-20-13-12-19(36-3)15-23(20)38-29/h4-15,25,34H,1-3H3. The number of hydrogen-bond acceptors (Lipinski definition) is 8. The Morgan fingerprint density at radius 2 is 1.84 bits per heavy atom. The van der Waals surface area contributed by atoms with E-state index < -0.39 is 23.5 Å². The number of hydrogen-bond donors (Lipinski definition) is 1. The summed E-state index contributed by atoms with van der Waals surface area (Å²) in [5.41, 5.74) is 2.78. The van der Waals surface area contributed by atoms with Gasteiger partial charge in [0, 0.05) is 25.2 Å². The van der Waals surface area contributed by atoms with Gasteiger partial charge in [0.05, 0.1) is 28.9 Å². The predicted molar refractivity (Wildman–Crippen MR) is 147 cm³/mol. The number of anilines is 2. The van der Waals surface area contributed by atoms with Gasteiger partial charge in [0.15, 0.2) is 16.7 Å². The Hall–Kier alpha value is -4.63. The number of benzene rings is 3. The number of thiazole rings is 1. The summed E-state index contributed by atoms with van der Waals surface area (Å²) in [6.07, 6.45) is 0. The number of ketones is 1. The largest absolute Gasteiger partial charge is 0.503 e. The summed E-state index contributed by atoms with van der Waals surface area (Å²) >= 11 is 1.28. The van der Waals surface area contributed by atoms with E-state index in [1.165, 1.54) is 16.2 Å². The SMILES string of the molecule is COc1ccc2nc(N3C(=O)C(O)=C(C(=O)c4cc5ccccc5o4)C3c3ccc(N(C)C)cc3)sc2c1. The number of fused-ring (bicyclic) bond motifs is 2. The lowest BCUT2D eigenvalue weighted by Gasteiger charge is -2.25. The molecule has 0 spiro atoms. The Kier molecular flexibility index (Phi) is 5.65. The molecule has 3 heterocycles. The van der Waals surface area contributed by atoms with Crippen molar-refractivity contribution in [1.29, 1.82) is 0 Å². The van der Waals surface area contributed by atoms with Gasteiger partial charge in [-0.3, -0.25) is 14.5 Å². The van der Waals surface area contributed by atoms with Crippen molar-refractivity contribution in [2.75, 3.05) is 31.0 Å². The van der Waals surface area contributed by atoms with Crippen LogP contribution in [-0.4, -0.2) is 43.0 Å². The molecule has 0 aliphatic carbocycles. The van der Waals surface area contributed by atoms with Gasteiger partial charge in [-0.05, 0) is 48.0 Å². The summed E-state index contributed by atoms with van der Waals surface area (Å²) in [5.74, 6) is -1.16. The van der Waals surface area contributed by atoms with Crippen LogP contribution < -0.4 is 14.5 Å². The van der Waals surface area contributed by atoms with E-state index in [1.54, 1.807) is 25.3 Å². The maximum Gasteiger partial charge on any atom is 0.296 e. The molecule has 0 bridgehead atoms. The fraction of sp³-hybridized carbons (Fsp3) is 0.138. The number of rotatable bonds is 6.